The molecule has 3 aliphatic carbocycles. The molecule has 3 aliphatic rings. The SMILES string of the molecule is CC1(C)c2ccccc2-c2cccc(-c3ccc(-c4nc(-c5ccccc5)nc(-c5ccccc5)n4)c4ccccc34)c2C1(C)C.CC1(C)c2ccccc2-c2cccc(-c3cccc(-c4ccccc4-c4nc(-c5ccccc5)nc(-c5ccccc5)n4)c3)c2C1(C)C.CC1(C)c2ccccc2-c2cccc(-c3cccc(-c4nc(-c5ccccc5)nc(-c5ccccc5)n4)c3)c2C1(C)C. The van der Waals surface area contributed by atoms with Gasteiger partial charge in [0.2, 0.25) is 0 Å². The normalized spacial score (nSPS) is 14.4. The molecule has 9 heteroatoms. The van der Waals surface area contributed by atoms with Gasteiger partial charge < -0.3 is 0 Å². The van der Waals surface area contributed by atoms with Crippen LogP contribution in [0.4, 0.5) is 0 Å². The summed E-state index contributed by atoms with van der Waals surface area (Å²) >= 11 is 0. The Labute approximate surface area is 798 Å². The van der Waals surface area contributed by atoms with E-state index in [4.69, 9.17) is 44.9 Å². The summed E-state index contributed by atoms with van der Waals surface area (Å²) < 4.78 is 0. The fourth-order valence-electron chi connectivity index (χ4n) is 20.9. The molecular formula is C127H105N9. The predicted octanol–water partition coefficient (Wildman–Crippen LogP) is 32.1. The minimum atomic E-state index is -0.115. The van der Waals surface area contributed by atoms with Crippen molar-refractivity contribution in [3.05, 3.63) is 452 Å². The second-order valence-electron chi connectivity index (χ2n) is 39.1. The van der Waals surface area contributed by atoms with Crippen LogP contribution in [-0.4, -0.2) is 44.9 Å². The van der Waals surface area contributed by atoms with Gasteiger partial charge in [0.1, 0.15) is 0 Å². The van der Waals surface area contributed by atoms with Gasteiger partial charge in [-0.15, -0.1) is 0 Å². The molecule has 136 heavy (non-hydrogen) atoms. The van der Waals surface area contributed by atoms with Gasteiger partial charge in [-0.05, 0) is 156 Å². The largest absolute Gasteiger partial charge is 0.208 e. The van der Waals surface area contributed by atoms with E-state index in [9.17, 15) is 0 Å². The topological polar surface area (TPSA) is 116 Å². The van der Waals surface area contributed by atoms with E-state index in [0.29, 0.717) is 52.4 Å². The molecule has 0 radical (unpaired) electrons. The molecule has 3 heterocycles. The molecule has 658 valence electrons. The number of fused-ring (bicyclic) bond motifs is 10. The van der Waals surface area contributed by atoms with Crippen LogP contribution in [-0.2, 0) is 32.5 Å². The van der Waals surface area contributed by atoms with Crippen molar-refractivity contribution in [2.24, 2.45) is 0 Å². The van der Waals surface area contributed by atoms with E-state index in [0.717, 1.165) is 72.1 Å². The molecule has 3 aromatic heterocycles. The maximum Gasteiger partial charge on any atom is 0.164 e. The third-order valence-corrected chi connectivity index (χ3v) is 30.1. The van der Waals surface area contributed by atoms with Crippen molar-refractivity contribution in [1.82, 2.24) is 44.9 Å². The number of rotatable bonds is 13. The fraction of sp³-hybridized carbons (Fsp3) is 0.142. The van der Waals surface area contributed by atoms with Crippen LogP contribution in [0.15, 0.2) is 419 Å². The second-order valence-corrected chi connectivity index (χ2v) is 39.1. The summed E-state index contributed by atoms with van der Waals surface area (Å²) in [5.74, 6) is 5.96. The molecule has 0 N–H and O–H groups in total. The highest BCUT2D eigenvalue weighted by molar-refractivity contribution is 6.06. The van der Waals surface area contributed by atoms with Gasteiger partial charge in [0.05, 0.1) is 0 Å². The summed E-state index contributed by atoms with van der Waals surface area (Å²) in [5.41, 5.74) is 34.2. The lowest BCUT2D eigenvalue weighted by Gasteiger charge is -2.49. The van der Waals surface area contributed by atoms with E-state index >= 15 is 0 Å². The Morgan fingerprint density at radius 2 is 0.324 bits per heavy atom. The Bertz CT molecular complexity index is 7770. The van der Waals surface area contributed by atoms with Crippen molar-refractivity contribution >= 4 is 10.8 Å². The summed E-state index contributed by atoms with van der Waals surface area (Å²) in [6.45, 7) is 28.7. The molecule has 0 aliphatic heterocycles. The van der Waals surface area contributed by atoms with Crippen LogP contribution in [0.1, 0.15) is 116 Å². The van der Waals surface area contributed by atoms with Crippen LogP contribution in [0, 0.1) is 0 Å². The van der Waals surface area contributed by atoms with Crippen LogP contribution in [0.3, 0.4) is 0 Å². The lowest BCUT2D eigenvalue weighted by molar-refractivity contribution is 0.300. The van der Waals surface area contributed by atoms with Gasteiger partial charge in [0.15, 0.2) is 52.4 Å². The molecule has 20 aromatic rings. The molecule has 23 rings (SSSR count). The van der Waals surface area contributed by atoms with Crippen LogP contribution in [0.2, 0.25) is 0 Å². The van der Waals surface area contributed by atoms with Crippen LogP contribution in [0.25, 0.3) is 191 Å². The van der Waals surface area contributed by atoms with Crippen molar-refractivity contribution < 1.29 is 0 Å². The smallest absolute Gasteiger partial charge is 0.164 e. The molecule has 0 unspecified atom stereocenters. The van der Waals surface area contributed by atoms with Gasteiger partial charge in [-0.2, -0.15) is 0 Å². The average molecular weight is 1760 g/mol. The molecule has 0 saturated carbocycles. The van der Waals surface area contributed by atoms with Gasteiger partial charge in [-0.3, -0.25) is 0 Å². The number of nitrogens with zero attached hydrogens (tertiary/aromatic N) is 9. The van der Waals surface area contributed by atoms with Crippen LogP contribution < -0.4 is 0 Å². The zero-order valence-corrected chi connectivity index (χ0v) is 78.9. The van der Waals surface area contributed by atoms with E-state index in [1.807, 2.05) is 158 Å². The zero-order valence-electron chi connectivity index (χ0n) is 78.9. The molecular weight excluding hydrogens is 1650 g/mol. The maximum absolute atomic E-state index is 5.07. The Kier molecular flexibility index (Phi) is 22.2. The molecule has 0 amide bonds. The van der Waals surface area contributed by atoms with Gasteiger partial charge in [-0.25, -0.2) is 44.9 Å². The van der Waals surface area contributed by atoms with E-state index in [1.165, 1.54) is 100.0 Å². The van der Waals surface area contributed by atoms with E-state index in [2.05, 4.69) is 344 Å². The summed E-state index contributed by atoms with van der Waals surface area (Å²) in [6, 6.07) is 147. The number of hydrogen-bond donors (Lipinski definition) is 0. The highest BCUT2D eigenvalue weighted by Crippen LogP contribution is 2.60. The molecule has 17 aromatic carbocycles. The minimum Gasteiger partial charge on any atom is -0.208 e. The molecule has 0 saturated heterocycles. The molecule has 0 fully saturated rings. The zero-order chi connectivity index (χ0) is 93.2. The molecule has 0 spiro atoms. The number of aromatic nitrogens is 9. The monoisotopic (exact) mass is 1760 g/mol. The van der Waals surface area contributed by atoms with Crippen molar-refractivity contribution in [3.8, 4) is 180 Å². The van der Waals surface area contributed by atoms with Crippen molar-refractivity contribution in [1.29, 1.82) is 0 Å². The third-order valence-electron chi connectivity index (χ3n) is 30.1. The van der Waals surface area contributed by atoms with E-state index in [1.54, 1.807) is 0 Å². The number of hydrogen-bond acceptors (Lipinski definition) is 9. The van der Waals surface area contributed by atoms with Crippen molar-refractivity contribution in [3.63, 3.8) is 0 Å². The average Bonchev–Trinajstić information content (AvgIpc) is 0.713. The summed E-state index contributed by atoms with van der Waals surface area (Å²) in [5, 5.41) is 2.30. The highest BCUT2D eigenvalue weighted by atomic mass is 15.1. The lowest BCUT2D eigenvalue weighted by Crippen LogP contribution is -2.43. The van der Waals surface area contributed by atoms with Gasteiger partial charge in [0, 0.05) is 66.3 Å². The van der Waals surface area contributed by atoms with Gasteiger partial charge in [-0.1, -0.05) is 483 Å². The Balaban J connectivity index is 0.000000122. The van der Waals surface area contributed by atoms with Crippen LogP contribution in [0.5, 0.6) is 0 Å². The van der Waals surface area contributed by atoms with E-state index in [-0.39, 0.29) is 32.5 Å². The predicted molar refractivity (Wildman–Crippen MR) is 562 cm³/mol. The summed E-state index contributed by atoms with van der Waals surface area (Å²) in [4.78, 5) is 44.9. The number of benzene rings is 17. The van der Waals surface area contributed by atoms with E-state index < -0.39 is 0 Å². The lowest BCUT2D eigenvalue weighted by atomic mass is 9.54. The second kappa shape index (κ2) is 34.9. The Hall–Kier alpha value is -16.0. The van der Waals surface area contributed by atoms with Crippen LogP contribution >= 0.6 is 0 Å². The Morgan fingerprint density at radius 3 is 0.662 bits per heavy atom. The quantitative estimate of drug-likeness (QED) is 0.111. The first-order chi connectivity index (χ1) is 66.0. The summed E-state index contributed by atoms with van der Waals surface area (Å²) in [6.07, 6.45) is 0. The van der Waals surface area contributed by atoms with Crippen molar-refractivity contribution in [2.75, 3.05) is 0 Å². The van der Waals surface area contributed by atoms with Gasteiger partial charge >= 0.3 is 0 Å². The Morgan fingerprint density at radius 1 is 0.125 bits per heavy atom. The third kappa shape index (κ3) is 15.3. The standard InChI is InChI=1S/C45H37N3.C43H35N3.C39H33N3/c1-44(2)39-28-14-13-24-36(39)37-27-16-26-35(40(37)45(44,3)4)33-22-15-21-32(29-33)34-23-11-12-25-38(34)43-47-41(30-17-7-5-8-18-30)46-42(48-43)31-19-9-6-10-20-31;1-42(2)37-25-14-13-22-33(37)35-24-15-23-34(38(35)43(42,3)4)32-26-27-36(31-21-12-11-20-30(31)32)41-45-39(28-16-7-5-8-17-28)44-40(46-41)29-18-9-6-10-19-29;1-38(2)33-24-12-11-21-31(33)32-23-14-22-30(34(32)39(38,3)4)28-19-13-20-29(25-28)37-41-35(26-15-7-5-8-16-26)40-36(42-37)27-17-9-6-10-18-27/h5-29H,1-4H3;5-27H,1-4H3;5-25H,1-4H3. The maximum atomic E-state index is 5.07. The minimum absolute atomic E-state index is 0.0479. The molecule has 0 atom stereocenters. The first-order valence-electron chi connectivity index (χ1n) is 47.2. The summed E-state index contributed by atoms with van der Waals surface area (Å²) in [7, 11) is 0. The first kappa shape index (κ1) is 86.7. The highest BCUT2D eigenvalue weighted by Gasteiger charge is 2.50. The first-order valence-corrected chi connectivity index (χ1v) is 47.2. The molecule has 0 bridgehead atoms. The molecule has 9 nitrogen and oxygen atoms in total. The van der Waals surface area contributed by atoms with Crippen molar-refractivity contribution in [2.45, 2.75) is 116 Å². The fourth-order valence-corrected chi connectivity index (χ4v) is 20.9. The van der Waals surface area contributed by atoms with Gasteiger partial charge in [0.25, 0.3) is 0 Å².